The average Bonchev–Trinajstić information content (AvgIpc) is 3.21. The molecule has 0 spiro atoms. The number of benzene rings is 1. The van der Waals surface area contributed by atoms with Crippen LogP contribution in [-0.4, -0.2) is 38.9 Å². The van der Waals surface area contributed by atoms with Gasteiger partial charge in [-0.3, -0.25) is 9.48 Å². The van der Waals surface area contributed by atoms with E-state index in [0.717, 1.165) is 31.2 Å². The van der Waals surface area contributed by atoms with Crippen LogP contribution in [0.1, 0.15) is 42.1 Å². The molecule has 2 aliphatic heterocycles. The van der Waals surface area contributed by atoms with E-state index in [0.29, 0.717) is 18.1 Å². The highest BCUT2D eigenvalue weighted by atomic mass is 32.2. The van der Waals surface area contributed by atoms with Crippen LogP contribution in [0.5, 0.6) is 0 Å². The Bertz CT molecular complexity index is 669. The van der Waals surface area contributed by atoms with E-state index >= 15 is 0 Å². The van der Waals surface area contributed by atoms with Crippen LogP contribution in [0, 0.1) is 0 Å². The van der Waals surface area contributed by atoms with Crippen molar-refractivity contribution in [1.82, 2.24) is 14.7 Å². The minimum atomic E-state index is 0.198. The molecule has 5 heteroatoms. The van der Waals surface area contributed by atoms with E-state index in [-0.39, 0.29) is 5.91 Å². The zero-order valence-electron chi connectivity index (χ0n) is 13.3. The summed E-state index contributed by atoms with van der Waals surface area (Å²) in [7, 11) is 0. The predicted molar refractivity (Wildman–Crippen MR) is 91.7 cm³/mol. The molecule has 3 heterocycles. The van der Waals surface area contributed by atoms with Crippen molar-refractivity contribution in [2.75, 3.05) is 6.26 Å². The third-order valence-corrected chi connectivity index (χ3v) is 5.92. The van der Waals surface area contributed by atoms with Gasteiger partial charge >= 0.3 is 0 Å². The Morgan fingerprint density at radius 3 is 2.39 bits per heavy atom. The number of carbonyl (C=O) groups is 1. The molecule has 2 atom stereocenters. The zero-order valence-corrected chi connectivity index (χ0v) is 14.1. The van der Waals surface area contributed by atoms with Crippen molar-refractivity contribution in [2.24, 2.45) is 0 Å². The first-order valence-electron chi connectivity index (χ1n) is 8.22. The standard InChI is InChI=1S/C18H21N3OS/c1-23-17-7-3-13(4-8-17)18(22)21-14-5-6-15(21)12-16(11-14)20-10-2-9-19-20/h2-4,7-10,14-16H,5-6,11-12H2,1H3. The summed E-state index contributed by atoms with van der Waals surface area (Å²) >= 11 is 1.70. The van der Waals surface area contributed by atoms with Crippen molar-refractivity contribution in [2.45, 2.75) is 48.7 Å². The topological polar surface area (TPSA) is 38.1 Å². The van der Waals surface area contributed by atoms with Gasteiger partial charge in [0.25, 0.3) is 5.91 Å². The van der Waals surface area contributed by atoms with Crippen molar-refractivity contribution in [3.8, 4) is 0 Å². The van der Waals surface area contributed by atoms with Crippen molar-refractivity contribution < 1.29 is 4.79 Å². The van der Waals surface area contributed by atoms with Crippen LogP contribution in [0.2, 0.25) is 0 Å². The van der Waals surface area contributed by atoms with Gasteiger partial charge in [0.2, 0.25) is 0 Å². The third kappa shape index (κ3) is 2.67. The molecule has 4 rings (SSSR count). The third-order valence-electron chi connectivity index (χ3n) is 5.18. The number of fused-ring (bicyclic) bond motifs is 2. The summed E-state index contributed by atoms with van der Waals surface area (Å²) in [6.07, 6.45) is 10.2. The highest BCUT2D eigenvalue weighted by Gasteiger charge is 2.43. The smallest absolute Gasteiger partial charge is 0.254 e. The van der Waals surface area contributed by atoms with E-state index in [1.165, 1.54) is 4.90 Å². The first-order valence-corrected chi connectivity index (χ1v) is 9.44. The van der Waals surface area contributed by atoms with Gasteiger partial charge in [0.05, 0.1) is 6.04 Å². The second-order valence-corrected chi connectivity index (χ2v) is 7.32. The average molecular weight is 327 g/mol. The van der Waals surface area contributed by atoms with Gasteiger partial charge in [-0.2, -0.15) is 5.10 Å². The molecule has 1 amide bonds. The van der Waals surface area contributed by atoms with E-state index in [2.05, 4.69) is 20.9 Å². The van der Waals surface area contributed by atoms with Crippen LogP contribution in [-0.2, 0) is 0 Å². The predicted octanol–water partition coefficient (Wildman–Crippen LogP) is 3.61. The number of piperidine rings is 1. The number of hydrogen-bond acceptors (Lipinski definition) is 3. The van der Waals surface area contributed by atoms with Gasteiger partial charge < -0.3 is 4.90 Å². The lowest BCUT2D eigenvalue weighted by molar-refractivity contribution is 0.0524. The molecule has 2 aromatic rings. The molecule has 0 aliphatic carbocycles. The lowest BCUT2D eigenvalue weighted by atomic mass is 9.96. The maximum Gasteiger partial charge on any atom is 0.254 e. The molecule has 1 aromatic carbocycles. The number of carbonyl (C=O) groups excluding carboxylic acids is 1. The molecule has 23 heavy (non-hydrogen) atoms. The van der Waals surface area contributed by atoms with Crippen LogP contribution in [0.25, 0.3) is 0 Å². The summed E-state index contributed by atoms with van der Waals surface area (Å²) < 4.78 is 2.07. The van der Waals surface area contributed by atoms with Gasteiger partial charge in [-0.15, -0.1) is 11.8 Å². The largest absolute Gasteiger partial charge is 0.333 e. The second kappa shape index (κ2) is 6.04. The summed E-state index contributed by atoms with van der Waals surface area (Å²) in [4.78, 5) is 16.3. The van der Waals surface area contributed by atoms with Crippen LogP contribution in [0.4, 0.5) is 0 Å². The highest BCUT2D eigenvalue weighted by Crippen LogP contribution is 2.41. The normalized spacial score (nSPS) is 26.5. The number of nitrogens with zero attached hydrogens (tertiary/aromatic N) is 3. The molecule has 2 fully saturated rings. The monoisotopic (exact) mass is 327 g/mol. The summed E-state index contributed by atoms with van der Waals surface area (Å²) in [5, 5.41) is 4.39. The minimum absolute atomic E-state index is 0.198. The molecule has 0 radical (unpaired) electrons. The molecule has 2 aliphatic rings. The number of aromatic nitrogens is 2. The number of amides is 1. The molecule has 2 bridgehead atoms. The maximum atomic E-state index is 13.0. The molecule has 120 valence electrons. The fraction of sp³-hybridized carbons (Fsp3) is 0.444. The van der Waals surface area contributed by atoms with Crippen LogP contribution >= 0.6 is 11.8 Å². The lowest BCUT2D eigenvalue weighted by Gasteiger charge is -2.39. The summed E-state index contributed by atoms with van der Waals surface area (Å²) in [5.41, 5.74) is 0.817. The van der Waals surface area contributed by atoms with Gasteiger partial charge in [-0.1, -0.05) is 0 Å². The van der Waals surface area contributed by atoms with E-state index < -0.39 is 0 Å². The molecule has 1 aromatic heterocycles. The van der Waals surface area contributed by atoms with Gasteiger partial charge in [-0.25, -0.2) is 0 Å². The molecule has 2 unspecified atom stereocenters. The van der Waals surface area contributed by atoms with Crippen molar-refractivity contribution in [3.63, 3.8) is 0 Å². The number of thioether (sulfide) groups is 1. The molecule has 0 N–H and O–H groups in total. The van der Waals surface area contributed by atoms with Gasteiger partial charge in [0.15, 0.2) is 0 Å². The Morgan fingerprint density at radius 1 is 1.13 bits per heavy atom. The number of hydrogen-bond donors (Lipinski definition) is 0. The SMILES string of the molecule is CSc1ccc(C(=O)N2C3CCC2CC(n2cccn2)C3)cc1. The quantitative estimate of drug-likeness (QED) is 0.808. The van der Waals surface area contributed by atoms with Crippen molar-refractivity contribution in [1.29, 1.82) is 0 Å². The minimum Gasteiger partial charge on any atom is -0.333 e. The maximum absolute atomic E-state index is 13.0. The Morgan fingerprint density at radius 2 is 1.83 bits per heavy atom. The fourth-order valence-corrected chi connectivity index (χ4v) is 4.48. The Kier molecular flexibility index (Phi) is 3.89. The van der Waals surface area contributed by atoms with Gasteiger partial charge in [-0.05, 0) is 62.3 Å². The Balaban J connectivity index is 1.53. The van der Waals surface area contributed by atoms with E-state index in [9.17, 15) is 4.79 Å². The molecule has 0 saturated carbocycles. The van der Waals surface area contributed by atoms with Crippen molar-refractivity contribution in [3.05, 3.63) is 48.3 Å². The van der Waals surface area contributed by atoms with E-state index in [1.54, 1.807) is 11.8 Å². The molecular weight excluding hydrogens is 306 g/mol. The number of rotatable bonds is 3. The highest BCUT2D eigenvalue weighted by molar-refractivity contribution is 7.98. The van der Waals surface area contributed by atoms with Crippen molar-refractivity contribution >= 4 is 17.7 Å². The zero-order chi connectivity index (χ0) is 15.8. The Hall–Kier alpha value is -1.75. The summed E-state index contributed by atoms with van der Waals surface area (Å²) in [6, 6.07) is 11.1. The lowest BCUT2D eigenvalue weighted by Crippen LogP contribution is -2.47. The Labute approximate surface area is 140 Å². The second-order valence-electron chi connectivity index (χ2n) is 6.44. The van der Waals surface area contributed by atoms with Crippen LogP contribution in [0.3, 0.4) is 0 Å². The van der Waals surface area contributed by atoms with Crippen LogP contribution < -0.4 is 0 Å². The van der Waals surface area contributed by atoms with E-state index in [4.69, 9.17) is 0 Å². The van der Waals surface area contributed by atoms with Gasteiger partial charge in [0.1, 0.15) is 0 Å². The summed E-state index contributed by atoms with van der Waals surface area (Å²) in [5.74, 6) is 0.198. The summed E-state index contributed by atoms with van der Waals surface area (Å²) in [6.45, 7) is 0. The fourth-order valence-electron chi connectivity index (χ4n) is 4.08. The first-order chi connectivity index (χ1) is 11.3. The molecule has 2 saturated heterocycles. The molecule has 4 nitrogen and oxygen atoms in total. The van der Waals surface area contributed by atoms with Crippen LogP contribution in [0.15, 0.2) is 47.6 Å². The molecular formula is C18H21N3OS. The van der Waals surface area contributed by atoms with E-state index in [1.807, 2.05) is 42.7 Å². The first kappa shape index (κ1) is 14.8. The van der Waals surface area contributed by atoms with Gasteiger partial charge in [0, 0.05) is 34.9 Å².